The summed E-state index contributed by atoms with van der Waals surface area (Å²) in [5.41, 5.74) is 7.85. The van der Waals surface area contributed by atoms with Gasteiger partial charge in [-0.2, -0.15) is 5.11 Å². The first-order valence-electron chi connectivity index (χ1n) is 25.5. The second-order valence-corrected chi connectivity index (χ2v) is 23.8. The highest BCUT2D eigenvalue weighted by molar-refractivity contribution is 7.15. The minimum Gasteiger partial charge on any atom is -0.391 e. The number of nitrogens with zero attached hydrogens (tertiary/aromatic N) is 9. The van der Waals surface area contributed by atoms with Crippen molar-refractivity contribution in [3.63, 3.8) is 0 Å². The minimum atomic E-state index is -1.07. The second kappa shape index (κ2) is 22.0. The smallest absolute Gasteiger partial charge is 0.281 e. The van der Waals surface area contributed by atoms with Gasteiger partial charge < -0.3 is 25.4 Å². The third kappa shape index (κ3) is 11.3. The van der Waals surface area contributed by atoms with Crippen LogP contribution in [0.15, 0.2) is 69.3 Å². The normalized spacial score (nSPS) is 22.6. The number of benzene rings is 2. The molecule has 6 atom stereocenters. The Morgan fingerprint density at radius 3 is 2.28 bits per heavy atom. The Labute approximate surface area is 445 Å². The lowest BCUT2D eigenvalue weighted by atomic mass is 9.86. The van der Waals surface area contributed by atoms with Crippen LogP contribution in [0.5, 0.6) is 0 Å². The topological polar surface area (TPSA) is 209 Å². The van der Waals surface area contributed by atoms with Gasteiger partial charge in [-0.05, 0) is 101 Å². The Morgan fingerprint density at radius 1 is 0.932 bits per heavy atom. The molecule has 2 aromatic carbocycles. The number of azo groups is 1. The second-order valence-electron chi connectivity index (χ2n) is 21.4. The van der Waals surface area contributed by atoms with Gasteiger partial charge in [0.15, 0.2) is 11.9 Å². The van der Waals surface area contributed by atoms with E-state index in [1.165, 1.54) is 9.78 Å². The molecule has 9 rings (SSSR count). The molecular formula is C54H66ClN11O6S2. The van der Waals surface area contributed by atoms with Crippen molar-refractivity contribution in [3.05, 3.63) is 104 Å². The molecule has 0 unspecified atom stereocenters. The van der Waals surface area contributed by atoms with Gasteiger partial charge in [0.05, 0.1) is 58.6 Å². The third-order valence-corrected chi connectivity index (χ3v) is 17.4. The average molecular weight is 1060 g/mol. The molecule has 3 fully saturated rings. The van der Waals surface area contributed by atoms with Crippen molar-refractivity contribution in [2.75, 3.05) is 19.6 Å². The number of aliphatic hydroxyl groups is 1. The molecule has 3 aromatic heterocycles. The number of halogens is 1. The molecule has 17 nitrogen and oxygen atoms in total. The van der Waals surface area contributed by atoms with Crippen LogP contribution in [0.1, 0.15) is 130 Å². The van der Waals surface area contributed by atoms with E-state index in [2.05, 4.69) is 54.8 Å². The molecule has 0 bridgehead atoms. The van der Waals surface area contributed by atoms with Crippen molar-refractivity contribution < 1.29 is 29.0 Å². The Morgan fingerprint density at radius 2 is 1.62 bits per heavy atom. The van der Waals surface area contributed by atoms with Crippen molar-refractivity contribution in [1.29, 1.82) is 0 Å². The molecule has 5 aromatic rings. The van der Waals surface area contributed by atoms with Gasteiger partial charge in [-0.25, -0.2) is 4.98 Å². The summed E-state index contributed by atoms with van der Waals surface area (Å²) in [6.45, 7) is 18.5. The molecule has 20 heteroatoms. The first-order chi connectivity index (χ1) is 35.2. The number of aliphatic hydroxyl groups excluding tert-OH is 1. The molecule has 0 radical (unpaired) electrons. The predicted octanol–water partition coefficient (Wildman–Crippen LogP) is 8.37. The molecule has 3 aliphatic heterocycles. The van der Waals surface area contributed by atoms with E-state index in [0.29, 0.717) is 36.8 Å². The van der Waals surface area contributed by atoms with Gasteiger partial charge in [0, 0.05) is 53.1 Å². The van der Waals surface area contributed by atoms with Gasteiger partial charge in [-0.1, -0.05) is 68.8 Å². The van der Waals surface area contributed by atoms with Gasteiger partial charge in [0.2, 0.25) is 11.8 Å². The number of thiophene rings is 1. The van der Waals surface area contributed by atoms with Crippen LogP contribution in [0, 0.1) is 33.1 Å². The number of nitrogens with one attached hydrogen (secondary N) is 2. The van der Waals surface area contributed by atoms with Gasteiger partial charge in [-0.3, -0.25) is 33.6 Å². The van der Waals surface area contributed by atoms with Gasteiger partial charge in [0.1, 0.15) is 22.9 Å². The summed E-state index contributed by atoms with van der Waals surface area (Å²) in [5.74, 6) is -0.0402. The van der Waals surface area contributed by atoms with Gasteiger partial charge >= 0.3 is 0 Å². The standard InChI is InChI=1S/C54H66ClN11O6S2/c1-28-32(5)74-53-45(28)46(35-14-16-37(55)17-15-35)59-42(49-62-60-33(6)66(49)53)25-44(68)58-38-22-41(23-38)72-40-18-20-64(21-19-40)31(4)50(69)63-61-48(54(7,8)9)52(71)65-26-39(67)24-43(65)51(70)57-29(2)34-10-12-36(13-11-34)47-30(3)56-27-73-47/h10-17,27,29,31,38-43,48,67H,18-26H2,1-9H3,(H,57,70)(H,58,68)/t29-,31+,38?,39+,41?,42-,43-,48+/m0/s1. The molecule has 74 heavy (non-hydrogen) atoms. The summed E-state index contributed by atoms with van der Waals surface area (Å²) >= 11 is 9.53. The number of amides is 4. The first-order valence-corrected chi connectivity index (χ1v) is 27.6. The van der Waals surface area contributed by atoms with Crippen molar-refractivity contribution in [2.45, 2.75) is 155 Å². The largest absolute Gasteiger partial charge is 0.391 e. The highest BCUT2D eigenvalue weighted by Crippen LogP contribution is 2.40. The first kappa shape index (κ1) is 53.3. The maximum Gasteiger partial charge on any atom is 0.281 e. The number of hydrogen-bond donors (Lipinski definition) is 3. The quantitative estimate of drug-likeness (QED) is 0.0905. The van der Waals surface area contributed by atoms with E-state index in [-0.39, 0.29) is 55.5 Å². The number of carbonyl (C=O) groups is 4. The number of β-amino-alcohol motifs (C(OH)–C–C–N with tert-alkyl or cyclic N) is 1. The molecule has 4 aliphatic rings. The molecular weight excluding hydrogens is 998 g/mol. The summed E-state index contributed by atoms with van der Waals surface area (Å²) < 4.78 is 8.55. The van der Waals surface area contributed by atoms with E-state index in [1.807, 2.05) is 100 Å². The zero-order chi connectivity index (χ0) is 52.7. The van der Waals surface area contributed by atoms with Crippen molar-refractivity contribution >= 4 is 63.6 Å². The van der Waals surface area contributed by atoms with E-state index < -0.39 is 47.5 Å². The summed E-state index contributed by atoms with van der Waals surface area (Å²) in [5, 5.41) is 36.1. The zero-order valence-electron chi connectivity index (χ0n) is 43.5. The summed E-state index contributed by atoms with van der Waals surface area (Å²) in [6.07, 6.45) is 2.19. The van der Waals surface area contributed by atoms with Crippen LogP contribution in [-0.4, -0.2) is 126 Å². The predicted molar refractivity (Wildman–Crippen MR) is 286 cm³/mol. The Kier molecular flexibility index (Phi) is 15.8. The lowest BCUT2D eigenvalue weighted by Gasteiger charge is -2.41. The van der Waals surface area contributed by atoms with E-state index in [1.54, 1.807) is 29.6 Å². The number of thiazole rings is 1. The van der Waals surface area contributed by atoms with Crippen LogP contribution >= 0.6 is 34.3 Å². The number of carbonyl (C=O) groups excluding carboxylic acids is 4. The molecule has 1 aliphatic carbocycles. The molecule has 2 saturated heterocycles. The van der Waals surface area contributed by atoms with Crippen LogP contribution in [-0.2, 0) is 23.9 Å². The molecule has 0 spiro atoms. The Balaban J connectivity index is 0.746. The van der Waals surface area contributed by atoms with Crippen molar-refractivity contribution in [2.24, 2.45) is 20.6 Å². The molecule has 4 amide bonds. The number of aromatic nitrogens is 4. The van der Waals surface area contributed by atoms with E-state index in [4.69, 9.17) is 21.3 Å². The highest BCUT2D eigenvalue weighted by atomic mass is 35.5. The molecule has 1 saturated carbocycles. The van der Waals surface area contributed by atoms with Crippen LogP contribution in [0.25, 0.3) is 15.4 Å². The maximum absolute atomic E-state index is 14.2. The van der Waals surface area contributed by atoms with Crippen LogP contribution in [0.4, 0.5) is 0 Å². The number of fused-ring (bicyclic) bond motifs is 3. The SMILES string of the molecule is Cc1ncsc1-c1ccc([C@H](C)NC(=O)[C@@H]2C[C@@H](O)CN2C(=O)[C@@H](N=NC(=O)[C@@H](C)N2CCC(OC3CC(NC(=O)C[C@@H]4N=C(c5ccc(Cl)cc5)c5c(sc(C)c5C)-n5c(C)nnc54)C3)CC2)C(C)(C)C)cc1. The summed E-state index contributed by atoms with van der Waals surface area (Å²) in [7, 11) is 0. The number of aryl methyl sites for hydroxylation is 3. The fraction of sp³-hybridized carbons (Fsp3) is 0.519. The van der Waals surface area contributed by atoms with Crippen molar-refractivity contribution in [3.8, 4) is 15.4 Å². The van der Waals surface area contributed by atoms with Gasteiger partial charge in [-0.15, -0.1) is 38.0 Å². The Hall–Kier alpha value is -5.57. The number of piperidine rings is 1. The third-order valence-electron chi connectivity index (χ3n) is 14.9. The fourth-order valence-corrected chi connectivity index (χ4v) is 12.5. The monoisotopic (exact) mass is 1060 g/mol. The van der Waals surface area contributed by atoms with E-state index >= 15 is 0 Å². The van der Waals surface area contributed by atoms with Gasteiger partial charge in [0.25, 0.3) is 11.8 Å². The van der Waals surface area contributed by atoms with E-state index in [9.17, 15) is 24.3 Å². The highest BCUT2D eigenvalue weighted by Gasteiger charge is 2.45. The molecule has 6 heterocycles. The van der Waals surface area contributed by atoms with Crippen LogP contribution in [0.3, 0.4) is 0 Å². The Bertz CT molecular complexity index is 2950. The molecule has 392 valence electrons. The lowest BCUT2D eigenvalue weighted by molar-refractivity contribution is -0.141. The number of aliphatic imine (C=N–C) groups is 1. The van der Waals surface area contributed by atoms with E-state index in [0.717, 1.165) is 67.8 Å². The van der Waals surface area contributed by atoms with Crippen LogP contribution < -0.4 is 10.6 Å². The average Bonchev–Trinajstić information content (AvgIpc) is 4.12. The minimum absolute atomic E-state index is 0.0115. The maximum atomic E-state index is 14.2. The lowest BCUT2D eigenvalue weighted by Crippen LogP contribution is -2.51. The number of likely N-dealkylation sites (tertiary alicyclic amines) is 2. The number of hydrogen-bond acceptors (Lipinski definition) is 14. The summed E-state index contributed by atoms with van der Waals surface area (Å²) in [6, 6.07) is 12.1. The number of rotatable bonds is 14. The van der Waals surface area contributed by atoms with Crippen LogP contribution in [0.2, 0.25) is 5.02 Å². The fourth-order valence-electron chi connectivity index (χ4n) is 10.4. The number of ether oxygens (including phenoxy) is 1. The van der Waals surface area contributed by atoms with Crippen molar-refractivity contribution in [1.82, 2.24) is 40.2 Å². The summed E-state index contributed by atoms with van der Waals surface area (Å²) in [4.78, 5) is 70.6. The molecule has 3 N–H and O–H groups in total. The zero-order valence-corrected chi connectivity index (χ0v) is 45.9.